The predicted molar refractivity (Wildman–Crippen MR) is 83.7 cm³/mol. The summed E-state index contributed by atoms with van der Waals surface area (Å²) in [5.41, 5.74) is 9.12. The van der Waals surface area contributed by atoms with Gasteiger partial charge in [-0.2, -0.15) is 0 Å². The number of nitrogens with two attached hydrogens (primary N) is 1. The first kappa shape index (κ1) is 15.0. The van der Waals surface area contributed by atoms with E-state index in [1.54, 1.807) is 12.1 Å². The molecule has 2 aromatic rings. The second-order valence-corrected chi connectivity index (χ2v) is 7.85. The van der Waals surface area contributed by atoms with Gasteiger partial charge in [-0.25, -0.2) is 8.42 Å². The minimum absolute atomic E-state index is 0.301. The van der Waals surface area contributed by atoms with Gasteiger partial charge >= 0.3 is 0 Å². The zero-order valence-electron chi connectivity index (χ0n) is 11.7. The van der Waals surface area contributed by atoms with Crippen molar-refractivity contribution in [2.45, 2.75) is 31.5 Å². The molecule has 0 fully saturated rings. The van der Waals surface area contributed by atoms with Crippen LogP contribution in [0.2, 0.25) is 0 Å². The van der Waals surface area contributed by atoms with Crippen LogP contribution in [-0.4, -0.2) is 8.42 Å². The largest absolute Gasteiger partial charge is 0.326 e. The van der Waals surface area contributed by atoms with Gasteiger partial charge in [0.2, 0.25) is 0 Å². The number of aryl methyl sites for hydroxylation is 3. The maximum absolute atomic E-state index is 12.4. The molecule has 0 saturated carbocycles. The summed E-state index contributed by atoms with van der Waals surface area (Å²) in [6.45, 7) is 6.09. The van der Waals surface area contributed by atoms with E-state index in [4.69, 9.17) is 5.73 Å². The minimum Gasteiger partial charge on any atom is -0.326 e. The summed E-state index contributed by atoms with van der Waals surface area (Å²) < 4.78 is 27.7. The first-order chi connectivity index (χ1) is 9.33. The Morgan fingerprint density at radius 2 is 1.85 bits per heavy atom. The van der Waals surface area contributed by atoms with E-state index < -0.39 is 10.0 Å². The van der Waals surface area contributed by atoms with E-state index >= 15 is 0 Å². The van der Waals surface area contributed by atoms with Crippen LogP contribution >= 0.6 is 11.3 Å². The lowest BCUT2D eigenvalue weighted by Crippen LogP contribution is -2.12. The van der Waals surface area contributed by atoms with Gasteiger partial charge in [0.05, 0.1) is 5.69 Å². The van der Waals surface area contributed by atoms with Crippen LogP contribution in [0.5, 0.6) is 0 Å². The minimum atomic E-state index is -3.55. The summed E-state index contributed by atoms with van der Waals surface area (Å²) in [6.07, 6.45) is 0. The Kier molecular flexibility index (Phi) is 4.17. The maximum Gasteiger partial charge on any atom is 0.271 e. The summed E-state index contributed by atoms with van der Waals surface area (Å²) in [5, 5.41) is 0. The van der Waals surface area contributed by atoms with Crippen molar-refractivity contribution in [2.24, 2.45) is 5.73 Å². The first-order valence-electron chi connectivity index (χ1n) is 6.23. The molecule has 4 nitrogen and oxygen atoms in total. The number of hydrogen-bond acceptors (Lipinski definition) is 4. The molecule has 0 bridgehead atoms. The topological polar surface area (TPSA) is 72.2 Å². The smallest absolute Gasteiger partial charge is 0.271 e. The number of thiophene rings is 1. The van der Waals surface area contributed by atoms with Crippen molar-refractivity contribution >= 4 is 27.0 Å². The molecular weight excluding hydrogens is 292 g/mol. The lowest BCUT2D eigenvalue weighted by Gasteiger charge is -2.09. The predicted octanol–water partition coefficient (Wildman–Crippen LogP) is 2.93. The fourth-order valence-electron chi connectivity index (χ4n) is 1.95. The molecule has 0 spiro atoms. The number of nitrogens with one attached hydrogen (secondary N) is 1. The average Bonchev–Trinajstić information content (AvgIpc) is 2.75. The molecular formula is C14H18N2O2S2. The third-order valence-corrected chi connectivity index (χ3v) is 6.17. The van der Waals surface area contributed by atoms with Crippen LogP contribution in [-0.2, 0) is 16.6 Å². The normalized spacial score (nSPS) is 11.6. The molecule has 1 heterocycles. The molecule has 108 valence electrons. The van der Waals surface area contributed by atoms with Gasteiger partial charge in [-0.1, -0.05) is 17.7 Å². The Bertz CT molecular complexity index is 734. The van der Waals surface area contributed by atoms with Crippen LogP contribution in [0.4, 0.5) is 5.69 Å². The summed E-state index contributed by atoms with van der Waals surface area (Å²) in [7, 11) is -3.55. The van der Waals surface area contributed by atoms with Crippen molar-refractivity contribution in [2.75, 3.05) is 4.72 Å². The van der Waals surface area contributed by atoms with E-state index in [0.717, 1.165) is 21.6 Å². The highest BCUT2D eigenvalue weighted by molar-refractivity contribution is 7.94. The van der Waals surface area contributed by atoms with Crippen LogP contribution < -0.4 is 10.5 Å². The Hall–Kier alpha value is -1.37. The van der Waals surface area contributed by atoms with Crippen molar-refractivity contribution in [3.63, 3.8) is 0 Å². The van der Waals surface area contributed by atoms with Gasteiger partial charge in [-0.05, 0) is 44.0 Å². The number of sulfonamides is 1. The van der Waals surface area contributed by atoms with Crippen LogP contribution in [0, 0.1) is 20.8 Å². The highest BCUT2D eigenvalue weighted by Gasteiger charge is 2.19. The van der Waals surface area contributed by atoms with Crippen LogP contribution in [0.25, 0.3) is 0 Å². The molecule has 2 rings (SSSR count). The average molecular weight is 310 g/mol. The fourth-order valence-corrected chi connectivity index (χ4v) is 4.55. The van der Waals surface area contributed by atoms with E-state index in [1.165, 1.54) is 11.3 Å². The summed E-state index contributed by atoms with van der Waals surface area (Å²) in [4.78, 5) is 0.894. The quantitative estimate of drug-likeness (QED) is 0.912. The molecule has 0 unspecified atom stereocenters. The van der Waals surface area contributed by atoms with E-state index in [1.807, 2.05) is 32.9 Å². The number of anilines is 1. The fraction of sp³-hybridized carbons (Fsp3) is 0.286. The summed E-state index contributed by atoms with van der Waals surface area (Å²) >= 11 is 1.22. The standard InChI is InChI=1S/C14H18N2O2S2/c1-9-4-5-12(10(2)6-9)16-20(17,18)14-7-11(3)13(8-15)19-14/h4-7,16H,8,15H2,1-3H3. The second-order valence-electron chi connectivity index (χ2n) is 4.80. The summed E-state index contributed by atoms with van der Waals surface area (Å²) in [6, 6.07) is 7.28. The lowest BCUT2D eigenvalue weighted by atomic mass is 10.1. The lowest BCUT2D eigenvalue weighted by molar-refractivity contribution is 0.603. The highest BCUT2D eigenvalue weighted by Crippen LogP contribution is 2.28. The second kappa shape index (κ2) is 5.55. The van der Waals surface area contributed by atoms with Gasteiger partial charge in [0, 0.05) is 11.4 Å². The summed E-state index contributed by atoms with van der Waals surface area (Å²) in [5.74, 6) is 0. The zero-order valence-corrected chi connectivity index (χ0v) is 13.4. The van der Waals surface area contributed by atoms with Gasteiger partial charge in [-0.3, -0.25) is 4.72 Å². The molecule has 6 heteroatoms. The van der Waals surface area contributed by atoms with Crippen molar-refractivity contribution in [3.05, 3.63) is 45.8 Å². The van der Waals surface area contributed by atoms with E-state index in [-0.39, 0.29) is 0 Å². The molecule has 0 aliphatic carbocycles. The molecule has 1 aromatic carbocycles. The molecule has 0 saturated heterocycles. The SMILES string of the molecule is Cc1ccc(NS(=O)(=O)c2cc(C)c(CN)s2)c(C)c1. The molecule has 20 heavy (non-hydrogen) atoms. The molecule has 0 aliphatic heterocycles. The van der Waals surface area contributed by atoms with Crippen molar-refractivity contribution in [3.8, 4) is 0 Å². The van der Waals surface area contributed by atoms with E-state index in [2.05, 4.69) is 4.72 Å². The van der Waals surface area contributed by atoms with E-state index in [0.29, 0.717) is 16.4 Å². The number of benzene rings is 1. The molecule has 0 amide bonds. The van der Waals surface area contributed by atoms with E-state index in [9.17, 15) is 8.42 Å². The Morgan fingerprint density at radius 1 is 1.15 bits per heavy atom. The maximum atomic E-state index is 12.4. The molecule has 0 atom stereocenters. The van der Waals surface area contributed by atoms with Gasteiger partial charge in [0.1, 0.15) is 4.21 Å². The zero-order chi connectivity index (χ0) is 14.9. The molecule has 3 N–H and O–H groups in total. The Morgan fingerprint density at radius 3 is 2.40 bits per heavy atom. The van der Waals surface area contributed by atoms with Gasteiger partial charge in [0.15, 0.2) is 0 Å². The molecule has 0 aliphatic rings. The Labute approximate surface area is 123 Å². The Balaban J connectivity index is 2.35. The van der Waals surface area contributed by atoms with Gasteiger partial charge < -0.3 is 5.73 Å². The van der Waals surface area contributed by atoms with Crippen molar-refractivity contribution in [1.29, 1.82) is 0 Å². The van der Waals surface area contributed by atoms with Crippen molar-refractivity contribution in [1.82, 2.24) is 0 Å². The van der Waals surface area contributed by atoms with Crippen molar-refractivity contribution < 1.29 is 8.42 Å². The van der Waals surface area contributed by atoms with Crippen LogP contribution in [0.3, 0.4) is 0 Å². The molecule has 0 radical (unpaired) electrons. The molecule has 1 aromatic heterocycles. The number of rotatable bonds is 4. The van der Waals surface area contributed by atoms with Crippen LogP contribution in [0.1, 0.15) is 21.6 Å². The van der Waals surface area contributed by atoms with Gasteiger partial charge in [-0.15, -0.1) is 11.3 Å². The first-order valence-corrected chi connectivity index (χ1v) is 8.53. The van der Waals surface area contributed by atoms with Crippen LogP contribution in [0.15, 0.2) is 28.5 Å². The third-order valence-electron chi connectivity index (χ3n) is 3.07. The highest BCUT2D eigenvalue weighted by atomic mass is 32.2. The number of hydrogen-bond donors (Lipinski definition) is 2. The van der Waals surface area contributed by atoms with Gasteiger partial charge in [0.25, 0.3) is 10.0 Å². The third kappa shape index (κ3) is 3.03. The monoisotopic (exact) mass is 310 g/mol.